The highest BCUT2D eigenvalue weighted by Gasteiger charge is 2.08. The first-order valence-corrected chi connectivity index (χ1v) is 13.9. The highest BCUT2D eigenvalue weighted by Crippen LogP contribution is 2.35. The van der Waals surface area contributed by atoms with Gasteiger partial charge in [-0.1, -0.05) is 103 Å². The van der Waals surface area contributed by atoms with Crippen molar-refractivity contribution in [3.63, 3.8) is 0 Å². The molecule has 0 aliphatic carbocycles. The Morgan fingerprint density at radius 2 is 1.13 bits per heavy atom. The molecule has 1 rings (SSSR count). The Balaban J connectivity index is 1.87. The van der Waals surface area contributed by atoms with Crippen LogP contribution in [0.1, 0.15) is 110 Å². The fraction of sp³-hybridized carbons (Fsp3) is 0.720. The SMILES string of the molecule is CCCCCCCCCCCCCCCCCCNC(=O)Nc1cc(Br)c(O)c(Br)c1. The number of amides is 2. The van der Waals surface area contributed by atoms with Crippen LogP contribution in [0.4, 0.5) is 10.5 Å². The summed E-state index contributed by atoms with van der Waals surface area (Å²) < 4.78 is 1.07. The topological polar surface area (TPSA) is 61.4 Å². The molecular weight excluding hydrogens is 520 g/mol. The summed E-state index contributed by atoms with van der Waals surface area (Å²) in [6, 6.07) is 3.13. The number of unbranched alkanes of at least 4 members (excludes halogenated alkanes) is 15. The minimum absolute atomic E-state index is 0.124. The lowest BCUT2D eigenvalue weighted by molar-refractivity contribution is 0.252. The second-order valence-electron chi connectivity index (χ2n) is 8.47. The van der Waals surface area contributed by atoms with Gasteiger partial charge in [-0.15, -0.1) is 0 Å². The summed E-state index contributed by atoms with van der Waals surface area (Å²) in [5, 5.41) is 15.4. The van der Waals surface area contributed by atoms with Crippen molar-refractivity contribution in [1.29, 1.82) is 0 Å². The maximum atomic E-state index is 12.0. The van der Waals surface area contributed by atoms with Crippen LogP contribution in [0.2, 0.25) is 0 Å². The summed E-state index contributed by atoms with van der Waals surface area (Å²) in [4.78, 5) is 12.0. The maximum Gasteiger partial charge on any atom is 0.319 e. The van der Waals surface area contributed by atoms with Crippen LogP contribution in [-0.2, 0) is 0 Å². The molecule has 0 aliphatic rings. The molecule has 0 fully saturated rings. The summed E-state index contributed by atoms with van der Waals surface area (Å²) in [7, 11) is 0. The fourth-order valence-electron chi connectivity index (χ4n) is 3.69. The minimum Gasteiger partial charge on any atom is -0.506 e. The number of carbonyl (C=O) groups is 1. The van der Waals surface area contributed by atoms with E-state index in [1.54, 1.807) is 12.1 Å². The number of halogens is 2. The van der Waals surface area contributed by atoms with Crippen LogP contribution in [0.3, 0.4) is 0 Å². The largest absolute Gasteiger partial charge is 0.506 e. The Bertz CT molecular complexity index is 588. The Kier molecular flexibility index (Phi) is 17.1. The lowest BCUT2D eigenvalue weighted by atomic mass is 10.0. The molecule has 1 aromatic rings. The molecule has 0 saturated carbocycles. The van der Waals surface area contributed by atoms with Gasteiger partial charge in [0.25, 0.3) is 0 Å². The molecule has 31 heavy (non-hydrogen) atoms. The summed E-state index contributed by atoms with van der Waals surface area (Å²) in [5.41, 5.74) is 0.626. The zero-order chi connectivity index (χ0) is 22.7. The van der Waals surface area contributed by atoms with Gasteiger partial charge in [0, 0.05) is 12.2 Å². The molecule has 0 bridgehead atoms. The summed E-state index contributed by atoms with van der Waals surface area (Å²) in [6.45, 7) is 2.96. The molecular formula is C25H42Br2N2O2. The minimum atomic E-state index is -0.217. The van der Waals surface area contributed by atoms with Crippen LogP contribution in [0.15, 0.2) is 21.1 Å². The number of phenolic OH excluding ortho intramolecular Hbond substituents is 1. The molecule has 0 aliphatic heterocycles. The van der Waals surface area contributed by atoms with Gasteiger partial charge < -0.3 is 15.7 Å². The summed E-state index contributed by atoms with van der Waals surface area (Å²) in [5.74, 6) is 0.124. The third-order valence-electron chi connectivity index (χ3n) is 5.59. The van der Waals surface area contributed by atoms with Crippen LogP contribution in [-0.4, -0.2) is 17.7 Å². The van der Waals surface area contributed by atoms with E-state index in [9.17, 15) is 9.90 Å². The van der Waals surface area contributed by atoms with Crippen molar-refractivity contribution in [3.8, 4) is 5.75 Å². The predicted molar refractivity (Wildman–Crippen MR) is 140 cm³/mol. The van der Waals surface area contributed by atoms with Gasteiger partial charge in [0.15, 0.2) is 0 Å². The Morgan fingerprint density at radius 1 is 0.742 bits per heavy atom. The molecule has 178 valence electrons. The van der Waals surface area contributed by atoms with E-state index in [2.05, 4.69) is 49.4 Å². The van der Waals surface area contributed by atoms with Crippen LogP contribution < -0.4 is 10.6 Å². The number of anilines is 1. The number of hydrogen-bond acceptors (Lipinski definition) is 2. The molecule has 0 unspecified atom stereocenters. The number of benzene rings is 1. The van der Waals surface area contributed by atoms with Crippen molar-refractivity contribution in [2.75, 3.05) is 11.9 Å². The van der Waals surface area contributed by atoms with E-state index in [4.69, 9.17) is 0 Å². The molecule has 0 radical (unpaired) electrons. The van der Waals surface area contributed by atoms with Crippen LogP contribution in [0.25, 0.3) is 0 Å². The second kappa shape index (κ2) is 18.8. The van der Waals surface area contributed by atoms with Gasteiger partial charge in [-0.3, -0.25) is 0 Å². The lowest BCUT2D eigenvalue weighted by Crippen LogP contribution is -2.29. The highest BCUT2D eigenvalue weighted by atomic mass is 79.9. The number of nitrogens with one attached hydrogen (secondary N) is 2. The Hall–Kier alpha value is -0.750. The van der Waals surface area contributed by atoms with Crippen molar-refractivity contribution in [2.45, 2.75) is 110 Å². The van der Waals surface area contributed by atoms with Gasteiger partial charge >= 0.3 is 6.03 Å². The highest BCUT2D eigenvalue weighted by molar-refractivity contribution is 9.11. The second-order valence-corrected chi connectivity index (χ2v) is 10.2. The smallest absolute Gasteiger partial charge is 0.319 e. The maximum absolute atomic E-state index is 12.0. The first-order valence-electron chi connectivity index (χ1n) is 12.3. The molecule has 2 amide bonds. The average Bonchev–Trinajstić information content (AvgIpc) is 2.74. The lowest BCUT2D eigenvalue weighted by Gasteiger charge is -2.09. The van der Waals surface area contributed by atoms with Gasteiger partial charge in [0.2, 0.25) is 0 Å². The number of hydrogen-bond donors (Lipinski definition) is 3. The number of carbonyl (C=O) groups excluding carboxylic acids is 1. The number of rotatable bonds is 18. The van der Waals surface area contributed by atoms with Crippen LogP contribution >= 0.6 is 31.9 Å². The average molecular weight is 562 g/mol. The zero-order valence-corrected chi connectivity index (χ0v) is 22.5. The standard InChI is InChI=1S/C25H42Br2N2O2/c1-2-3-4-5-6-7-8-9-10-11-12-13-14-15-16-17-18-28-25(31)29-21-19-22(26)24(30)23(27)20-21/h19-20,30H,2-18H2,1H3,(H2,28,29,31). The first kappa shape index (κ1) is 28.3. The summed E-state index contributed by atoms with van der Waals surface area (Å²) in [6.07, 6.45) is 21.5. The van der Waals surface area contributed by atoms with E-state index in [0.717, 1.165) is 12.8 Å². The van der Waals surface area contributed by atoms with Gasteiger partial charge in [-0.05, 0) is 50.4 Å². The summed E-state index contributed by atoms with van der Waals surface area (Å²) >= 11 is 6.52. The molecule has 0 atom stereocenters. The first-order chi connectivity index (χ1) is 15.0. The quantitative estimate of drug-likeness (QED) is 0.123. The van der Waals surface area contributed by atoms with Gasteiger partial charge in [0.05, 0.1) is 8.95 Å². The van der Waals surface area contributed by atoms with Crippen molar-refractivity contribution in [1.82, 2.24) is 5.32 Å². The number of aromatic hydroxyl groups is 1. The fourth-order valence-corrected chi connectivity index (χ4v) is 4.87. The van der Waals surface area contributed by atoms with E-state index in [-0.39, 0.29) is 11.8 Å². The zero-order valence-electron chi connectivity index (χ0n) is 19.3. The van der Waals surface area contributed by atoms with E-state index in [1.807, 2.05) is 0 Å². The van der Waals surface area contributed by atoms with Gasteiger partial charge in [-0.2, -0.15) is 0 Å². The normalized spacial score (nSPS) is 10.9. The van der Waals surface area contributed by atoms with Crippen molar-refractivity contribution in [2.24, 2.45) is 0 Å². The number of urea groups is 1. The molecule has 0 heterocycles. The van der Waals surface area contributed by atoms with E-state index in [0.29, 0.717) is 21.2 Å². The molecule has 6 heteroatoms. The third kappa shape index (κ3) is 14.8. The molecule has 3 N–H and O–H groups in total. The number of phenols is 1. The van der Waals surface area contributed by atoms with Crippen molar-refractivity contribution >= 4 is 43.6 Å². The van der Waals surface area contributed by atoms with E-state index < -0.39 is 0 Å². The van der Waals surface area contributed by atoms with E-state index in [1.165, 1.54) is 89.9 Å². The van der Waals surface area contributed by atoms with Crippen molar-refractivity contribution in [3.05, 3.63) is 21.1 Å². The van der Waals surface area contributed by atoms with E-state index >= 15 is 0 Å². The molecule has 0 aromatic heterocycles. The Morgan fingerprint density at radius 3 is 1.55 bits per heavy atom. The van der Waals surface area contributed by atoms with Crippen molar-refractivity contribution < 1.29 is 9.90 Å². The monoisotopic (exact) mass is 560 g/mol. The third-order valence-corrected chi connectivity index (χ3v) is 6.80. The predicted octanol–water partition coefficient (Wildman–Crippen LogP) is 9.30. The molecule has 1 aromatic carbocycles. The van der Waals surface area contributed by atoms with Crippen LogP contribution in [0, 0.1) is 0 Å². The van der Waals surface area contributed by atoms with Crippen LogP contribution in [0.5, 0.6) is 5.75 Å². The molecule has 4 nitrogen and oxygen atoms in total. The molecule has 0 saturated heterocycles. The van der Waals surface area contributed by atoms with Gasteiger partial charge in [-0.25, -0.2) is 4.79 Å². The Labute approximate surface area is 206 Å². The molecule has 0 spiro atoms. The van der Waals surface area contributed by atoms with Gasteiger partial charge in [0.1, 0.15) is 5.75 Å².